The van der Waals surface area contributed by atoms with Crippen LogP contribution in [0.15, 0.2) is 9.98 Å². The summed E-state index contributed by atoms with van der Waals surface area (Å²) in [7, 11) is 0. The number of nitrogens with zero attached hydrogens (tertiary/aromatic N) is 2. The van der Waals surface area contributed by atoms with Gasteiger partial charge in [0.2, 0.25) is 0 Å². The van der Waals surface area contributed by atoms with E-state index in [1.165, 1.54) is 0 Å². The molecule has 3 nitrogen and oxygen atoms in total. The first-order valence-electron chi connectivity index (χ1n) is 2.53. The molecule has 3 heteroatoms. The van der Waals surface area contributed by atoms with E-state index in [-0.39, 0.29) is 12.8 Å². The Morgan fingerprint density at radius 3 is 2.88 bits per heavy atom. The van der Waals surface area contributed by atoms with Crippen LogP contribution in [0.2, 0.25) is 0 Å². The van der Waals surface area contributed by atoms with E-state index in [2.05, 4.69) is 9.98 Å². The molecule has 0 unspecified atom stereocenters. The number of aliphatic imine (C=N–C) groups is 2. The molecule has 0 aromatic carbocycles. The standard InChI is InChI=1S/C5H8N2O/c1-4-6-2-5(3-8)7-4/h2,4,8H,3H2,1H3/t4-/m1/s1. The molecule has 1 aliphatic rings. The molecule has 1 aliphatic heterocycles. The van der Waals surface area contributed by atoms with E-state index in [1.807, 2.05) is 6.92 Å². The number of aliphatic hydroxyl groups excluding tert-OH is 1. The maximum Gasteiger partial charge on any atom is 0.137 e. The predicted octanol–water partition coefficient (Wildman–Crippen LogP) is -0.150. The highest BCUT2D eigenvalue weighted by Crippen LogP contribution is 1.97. The molecule has 0 saturated carbocycles. The van der Waals surface area contributed by atoms with Crippen molar-refractivity contribution in [3.63, 3.8) is 0 Å². The zero-order valence-electron chi connectivity index (χ0n) is 4.70. The molecule has 0 spiro atoms. The van der Waals surface area contributed by atoms with Gasteiger partial charge in [-0.3, -0.25) is 9.98 Å². The normalized spacial score (nSPS) is 26.2. The smallest absolute Gasteiger partial charge is 0.137 e. The summed E-state index contributed by atoms with van der Waals surface area (Å²) in [5, 5.41) is 8.46. The van der Waals surface area contributed by atoms with Crippen LogP contribution >= 0.6 is 0 Å². The van der Waals surface area contributed by atoms with Gasteiger partial charge in [0.1, 0.15) is 6.17 Å². The molecular formula is C5H8N2O. The molecule has 8 heavy (non-hydrogen) atoms. The lowest BCUT2D eigenvalue weighted by Crippen LogP contribution is -2.01. The van der Waals surface area contributed by atoms with Crippen molar-refractivity contribution in [2.45, 2.75) is 13.1 Å². The van der Waals surface area contributed by atoms with Crippen molar-refractivity contribution in [3.05, 3.63) is 0 Å². The molecule has 0 bridgehead atoms. The Kier molecular flexibility index (Phi) is 1.39. The molecule has 0 aliphatic carbocycles. The third kappa shape index (κ3) is 0.924. The lowest BCUT2D eigenvalue weighted by atomic mass is 10.4. The molecule has 0 fully saturated rings. The van der Waals surface area contributed by atoms with Gasteiger partial charge in [0.05, 0.1) is 12.3 Å². The average Bonchev–Trinajstić information content (AvgIpc) is 2.14. The average molecular weight is 112 g/mol. The zero-order chi connectivity index (χ0) is 5.98. The SMILES string of the molecule is C[C@@H]1N=CC(CO)=N1. The summed E-state index contributed by atoms with van der Waals surface area (Å²) >= 11 is 0. The van der Waals surface area contributed by atoms with Gasteiger partial charge in [0, 0.05) is 6.21 Å². The van der Waals surface area contributed by atoms with Crippen LogP contribution in [0.5, 0.6) is 0 Å². The first-order valence-corrected chi connectivity index (χ1v) is 2.53. The Balaban J connectivity index is 2.58. The van der Waals surface area contributed by atoms with Gasteiger partial charge >= 0.3 is 0 Å². The molecule has 0 saturated heterocycles. The minimum absolute atomic E-state index is 0.00778. The molecule has 0 aromatic rings. The third-order valence-electron chi connectivity index (χ3n) is 0.954. The molecule has 0 radical (unpaired) electrons. The second-order valence-corrected chi connectivity index (χ2v) is 1.69. The number of aliphatic hydroxyl groups is 1. The highest BCUT2D eigenvalue weighted by atomic mass is 16.3. The lowest BCUT2D eigenvalue weighted by molar-refractivity contribution is 0.359. The maximum absolute atomic E-state index is 8.46. The number of hydrogen-bond donors (Lipinski definition) is 1. The maximum atomic E-state index is 8.46. The second kappa shape index (κ2) is 2.05. The van der Waals surface area contributed by atoms with Crippen molar-refractivity contribution in [2.75, 3.05) is 6.61 Å². The third-order valence-corrected chi connectivity index (χ3v) is 0.954. The quantitative estimate of drug-likeness (QED) is 0.503. The van der Waals surface area contributed by atoms with E-state index in [4.69, 9.17) is 5.11 Å². The van der Waals surface area contributed by atoms with Crippen LogP contribution in [0.25, 0.3) is 0 Å². The Morgan fingerprint density at radius 1 is 1.88 bits per heavy atom. The summed E-state index contributed by atoms with van der Waals surface area (Å²) in [5.74, 6) is 0. The minimum atomic E-state index is 0.00778. The number of rotatable bonds is 1. The fourth-order valence-corrected chi connectivity index (χ4v) is 0.582. The lowest BCUT2D eigenvalue weighted by Gasteiger charge is -1.87. The fraction of sp³-hybridized carbons (Fsp3) is 0.600. The molecule has 1 rings (SSSR count). The summed E-state index contributed by atoms with van der Waals surface area (Å²) in [6.45, 7) is 1.88. The van der Waals surface area contributed by atoms with Crippen molar-refractivity contribution in [1.29, 1.82) is 0 Å². The van der Waals surface area contributed by atoms with E-state index < -0.39 is 0 Å². The largest absolute Gasteiger partial charge is 0.390 e. The molecule has 0 amide bonds. The Morgan fingerprint density at radius 2 is 2.62 bits per heavy atom. The summed E-state index contributed by atoms with van der Waals surface area (Å²) < 4.78 is 0. The van der Waals surface area contributed by atoms with Crippen LogP contribution in [-0.4, -0.2) is 29.8 Å². The predicted molar refractivity (Wildman–Crippen MR) is 32.5 cm³/mol. The van der Waals surface area contributed by atoms with Gasteiger partial charge in [-0.1, -0.05) is 0 Å². The van der Waals surface area contributed by atoms with Gasteiger partial charge in [-0.15, -0.1) is 0 Å². The van der Waals surface area contributed by atoms with Crippen LogP contribution in [0.3, 0.4) is 0 Å². The first kappa shape index (κ1) is 5.44. The van der Waals surface area contributed by atoms with E-state index >= 15 is 0 Å². The summed E-state index contributed by atoms with van der Waals surface area (Å²) in [6.07, 6.45) is 1.63. The highest BCUT2D eigenvalue weighted by molar-refractivity contribution is 6.32. The van der Waals surface area contributed by atoms with E-state index in [0.717, 1.165) is 0 Å². The van der Waals surface area contributed by atoms with Crippen LogP contribution in [0.4, 0.5) is 0 Å². The van der Waals surface area contributed by atoms with Crippen LogP contribution in [-0.2, 0) is 0 Å². The summed E-state index contributed by atoms with van der Waals surface area (Å²) in [4.78, 5) is 7.85. The van der Waals surface area contributed by atoms with Crippen molar-refractivity contribution in [3.8, 4) is 0 Å². The Hall–Kier alpha value is -0.700. The molecular weight excluding hydrogens is 104 g/mol. The number of hydrogen-bond acceptors (Lipinski definition) is 3. The Bertz CT molecular complexity index is 139. The van der Waals surface area contributed by atoms with Crippen LogP contribution in [0.1, 0.15) is 6.92 Å². The van der Waals surface area contributed by atoms with E-state index in [1.54, 1.807) is 6.21 Å². The highest BCUT2D eigenvalue weighted by Gasteiger charge is 2.03. The monoisotopic (exact) mass is 112 g/mol. The molecule has 1 N–H and O–H groups in total. The topological polar surface area (TPSA) is 45.0 Å². The van der Waals surface area contributed by atoms with Gasteiger partial charge in [-0.25, -0.2) is 0 Å². The first-order chi connectivity index (χ1) is 3.83. The van der Waals surface area contributed by atoms with Crippen LogP contribution in [0, 0.1) is 0 Å². The molecule has 1 heterocycles. The molecule has 1 atom stereocenters. The van der Waals surface area contributed by atoms with Gasteiger partial charge < -0.3 is 5.11 Å². The van der Waals surface area contributed by atoms with Gasteiger partial charge in [0.15, 0.2) is 0 Å². The molecule has 44 valence electrons. The van der Waals surface area contributed by atoms with Gasteiger partial charge in [-0.2, -0.15) is 0 Å². The van der Waals surface area contributed by atoms with E-state index in [9.17, 15) is 0 Å². The summed E-state index contributed by atoms with van der Waals surface area (Å²) in [6, 6.07) is 0. The van der Waals surface area contributed by atoms with E-state index in [0.29, 0.717) is 5.71 Å². The second-order valence-electron chi connectivity index (χ2n) is 1.69. The van der Waals surface area contributed by atoms with Crippen molar-refractivity contribution < 1.29 is 5.11 Å². The van der Waals surface area contributed by atoms with Gasteiger partial charge in [-0.05, 0) is 6.92 Å². The zero-order valence-corrected chi connectivity index (χ0v) is 4.70. The van der Waals surface area contributed by atoms with Crippen molar-refractivity contribution in [2.24, 2.45) is 9.98 Å². The summed E-state index contributed by atoms with van der Waals surface area (Å²) in [5.41, 5.74) is 0.678. The van der Waals surface area contributed by atoms with Crippen molar-refractivity contribution >= 4 is 11.9 Å². The van der Waals surface area contributed by atoms with Crippen LogP contribution < -0.4 is 0 Å². The fourth-order valence-electron chi connectivity index (χ4n) is 0.582. The minimum Gasteiger partial charge on any atom is -0.390 e. The molecule has 0 aromatic heterocycles. The Labute approximate surface area is 47.8 Å². The van der Waals surface area contributed by atoms with Gasteiger partial charge in [0.25, 0.3) is 0 Å². The van der Waals surface area contributed by atoms with Crippen molar-refractivity contribution in [1.82, 2.24) is 0 Å².